The fourth-order valence-corrected chi connectivity index (χ4v) is 3.52. The predicted molar refractivity (Wildman–Crippen MR) is 123 cm³/mol. The van der Waals surface area contributed by atoms with Crippen LogP contribution in [0, 0.1) is 52.9 Å². The summed E-state index contributed by atoms with van der Waals surface area (Å²) in [5.74, 6) is -0.406. The molecule has 3 rings (SSSR count). The number of carbonyl (C=O) groups excluding carboxylic acids is 1. The highest BCUT2D eigenvalue weighted by atomic mass is 16.1. The van der Waals surface area contributed by atoms with E-state index in [-0.39, 0.29) is 5.57 Å². The van der Waals surface area contributed by atoms with Gasteiger partial charge in [-0.1, -0.05) is 12.1 Å². The van der Waals surface area contributed by atoms with Crippen LogP contribution >= 0.6 is 0 Å². The molecule has 1 N–H and O–H groups in total. The van der Waals surface area contributed by atoms with Gasteiger partial charge in [-0.15, -0.1) is 0 Å². The second kappa shape index (κ2) is 8.42. The summed E-state index contributed by atoms with van der Waals surface area (Å²) in [5, 5.41) is 12.4. The molecule has 0 spiro atoms. The van der Waals surface area contributed by atoms with E-state index < -0.39 is 5.91 Å². The average Bonchev–Trinajstić information content (AvgIpc) is 2.98. The van der Waals surface area contributed by atoms with Gasteiger partial charge in [0.1, 0.15) is 11.6 Å². The lowest BCUT2D eigenvalue weighted by molar-refractivity contribution is -0.112. The molecule has 1 heterocycles. The van der Waals surface area contributed by atoms with Crippen LogP contribution in [0.3, 0.4) is 0 Å². The number of nitrogens with one attached hydrogen (secondary N) is 1. The molecule has 0 fully saturated rings. The first kappa shape index (κ1) is 21.1. The molecule has 4 nitrogen and oxygen atoms in total. The van der Waals surface area contributed by atoms with Gasteiger partial charge < -0.3 is 9.88 Å². The zero-order valence-corrected chi connectivity index (χ0v) is 18.4. The van der Waals surface area contributed by atoms with Crippen LogP contribution in [0.5, 0.6) is 0 Å². The van der Waals surface area contributed by atoms with E-state index in [2.05, 4.69) is 41.9 Å². The first-order valence-corrected chi connectivity index (χ1v) is 9.98. The second-order valence-electron chi connectivity index (χ2n) is 7.85. The van der Waals surface area contributed by atoms with Crippen LogP contribution in [-0.2, 0) is 4.79 Å². The molecule has 0 unspecified atom stereocenters. The Morgan fingerprint density at radius 1 is 0.900 bits per heavy atom. The predicted octanol–water partition coefficient (Wildman–Crippen LogP) is 5.87. The molecule has 0 aliphatic rings. The quantitative estimate of drug-likeness (QED) is 0.442. The minimum atomic E-state index is -0.406. The molecule has 30 heavy (non-hydrogen) atoms. The van der Waals surface area contributed by atoms with Gasteiger partial charge in [-0.3, -0.25) is 4.79 Å². The van der Waals surface area contributed by atoms with E-state index in [0.717, 1.165) is 33.8 Å². The van der Waals surface area contributed by atoms with Crippen LogP contribution in [0.1, 0.15) is 39.2 Å². The first-order valence-electron chi connectivity index (χ1n) is 9.98. The molecular formula is C26H27N3O. The van der Waals surface area contributed by atoms with Crippen molar-refractivity contribution in [3.63, 3.8) is 0 Å². The molecule has 0 aliphatic carbocycles. The Balaban J connectivity index is 1.94. The molecule has 3 aromatic rings. The van der Waals surface area contributed by atoms with Gasteiger partial charge >= 0.3 is 0 Å². The van der Waals surface area contributed by atoms with Gasteiger partial charge in [0.15, 0.2) is 0 Å². The molecule has 0 atom stereocenters. The number of aromatic nitrogens is 1. The van der Waals surface area contributed by atoms with Crippen molar-refractivity contribution in [3.8, 4) is 11.8 Å². The van der Waals surface area contributed by atoms with Gasteiger partial charge in [0.05, 0.1) is 0 Å². The van der Waals surface area contributed by atoms with Gasteiger partial charge in [-0.05, 0) is 106 Å². The Morgan fingerprint density at radius 2 is 1.53 bits per heavy atom. The number of rotatable bonds is 4. The summed E-state index contributed by atoms with van der Waals surface area (Å²) in [6.45, 7) is 12.2. The number of carbonyl (C=O) groups is 1. The van der Waals surface area contributed by atoms with E-state index in [9.17, 15) is 10.1 Å². The fourth-order valence-electron chi connectivity index (χ4n) is 3.52. The average molecular weight is 398 g/mol. The molecule has 0 saturated heterocycles. The van der Waals surface area contributed by atoms with E-state index in [1.165, 1.54) is 11.1 Å². The summed E-state index contributed by atoms with van der Waals surface area (Å²) < 4.78 is 2.15. The van der Waals surface area contributed by atoms with Gasteiger partial charge in [0, 0.05) is 22.8 Å². The largest absolute Gasteiger partial charge is 0.321 e. The van der Waals surface area contributed by atoms with Crippen molar-refractivity contribution in [2.75, 3.05) is 5.32 Å². The third-order valence-corrected chi connectivity index (χ3v) is 5.65. The molecule has 0 saturated carbocycles. The topological polar surface area (TPSA) is 57.8 Å². The SMILES string of the molecule is Cc1ccc(NC(=O)/C(C#N)=C/c2cc(C)n(-c3ccc(C)c(C)c3)c2C)cc1C. The lowest BCUT2D eigenvalue weighted by atomic mass is 10.1. The van der Waals surface area contributed by atoms with Crippen molar-refractivity contribution >= 4 is 17.7 Å². The smallest absolute Gasteiger partial charge is 0.266 e. The van der Waals surface area contributed by atoms with E-state index in [4.69, 9.17) is 0 Å². The summed E-state index contributed by atoms with van der Waals surface area (Å²) >= 11 is 0. The number of hydrogen-bond donors (Lipinski definition) is 1. The maximum atomic E-state index is 12.7. The molecule has 1 amide bonds. The van der Waals surface area contributed by atoms with Crippen LogP contribution in [0.15, 0.2) is 48.0 Å². The highest BCUT2D eigenvalue weighted by molar-refractivity contribution is 6.09. The van der Waals surface area contributed by atoms with Crippen molar-refractivity contribution < 1.29 is 4.79 Å². The lowest BCUT2D eigenvalue weighted by Gasteiger charge is -2.12. The Kier molecular flexibility index (Phi) is 5.94. The summed E-state index contributed by atoms with van der Waals surface area (Å²) in [7, 11) is 0. The number of amides is 1. The van der Waals surface area contributed by atoms with Crippen molar-refractivity contribution in [2.24, 2.45) is 0 Å². The molecule has 0 aliphatic heterocycles. The number of nitrogens with zero attached hydrogens (tertiary/aromatic N) is 2. The van der Waals surface area contributed by atoms with E-state index in [0.29, 0.717) is 5.69 Å². The van der Waals surface area contributed by atoms with Gasteiger partial charge in [-0.25, -0.2) is 0 Å². The Hall–Kier alpha value is -3.58. The number of nitriles is 1. The molecule has 152 valence electrons. The van der Waals surface area contributed by atoms with Gasteiger partial charge in [-0.2, -0.15) is 5.26 Å². The van der Waals surface area contributed by atoms with Crippen molar-refractivity contribution in [3.05, 3.63) is 87.2 Å². The second-order valence-corrected chi connectivity index (χ2v) is 7.85. The van der Waals surface area contributed by atoms with E-state index in [1.807, 2.05) is 58.0 Å². The Bertz CT molecular complexity index is 1210. The van der Waals surface area contributed by atoms with Crippen molar-refractivity contribution in [1.82, 2.24) is 4.57 Å². The summed E-state index contributed by atoms with van der Waals surface area (Å²) in [5.41, 5.74) is 9.45. The number of anilines is 1. The monoisotopic (exact) mass is 397 g/mol. The standard InChI is InChI=1S/C26H27N3O/c1-16-7-9-24(11-18(16)3)28-26(30)23(15-27)14-22-13-20(5)29(21(22)6)25-10-8-17(2)19(4)12-25/h7-14H,1-6H3,(H,28,30)/b23-14+. The van der Waals surface area contributed by atoms with Crippen molar-refractivity contribution in [2.45, 2.75) is 41.5 Å². The highest BCUT2D eigenvalue weighted by Gasteiger charge is 2.14. The minimum absolute atomic E-state index is 0.0774. The normalized spacial score (nSPS) is 11.3. The first-order chi connectivity index (χ1) is 14.2. The summed E-state index contributed by atoms with van der Waals surface area (Å²) in [4.78, 5) is 12.7. The number of hydrogen-bond acceptors (Lipinski definition) is 2. The number of benzene rings is 2. The van der Waals surface area contributed by atoms with Crippen LogP contribution in [0.25, 0.3) is 11.8 Å². The van der Waals surface area contributed by atoms with E-state index >= 15 is 0 Å². The van der Waals surface area contributed by atoms with E-state index in [1.54, 1.807) is 6.08 Å². The van der Waals surface area contributed by atoms with Crippen LogP contribution in [0.4, 0.5) is 5.69 Å². The molecule has 2 aromatic carbocycles. The van der Waals surface area contributed by atoms with Crippen molar-refractivity contribution in [1.29, 1.82) is 5.26 Å². The third-order valence-electron chi connectivity index (χ3n) is 5.65. The maximum absolute atomic E-state index is 12.7. The molecule has 0 bridgehead atoms. The third kappa shape index (κ3) is 4.21. The summed E-state index contributed by atoms with van der Waals surface area (Å²) in [6.07, 6.45) is 1.66. The minimum Gasteiger partial charge on any atom is -0.321 e. The van der Waals surface area contributed by atoms with Crippen LogP contribution < -0.4 is 5.32 Å². The fraction of sp³-hybridized carbons (Fsp3) is 0.231. The summed E-state index contributed by atoms with van der Waals surface area (Å²) in [6, 6.07) is 16.1. The molecular weight excluding hydrogens is 370 g/mol. The van der Waals surface area contributed by atoms with Crippen LogP contribution in [-0.4, -0.2) is 10.5 Å². The Morgan fingerprint density at radius 3 is 2.13 bits per heavy atom. The zero-order valence-electron chi connectivity index (χ0n) is 18.4. The maximum Gasteiger partial charge on any atom is 0.266 e. The Labute approximate surface area is 178 Å². The molecule has 0 radical (unpaired) electrons. The number of aryl methyl sites for hydroxylation is 5. The lowest BCUT2D eigenvalue weighted by Crippen LogP contribution is -2.13. The van der Waals surface area contributed by atoms with Gasteiger partial charge in [0.2, 0.25) is 0 Å². The van der Waals surface area contributed by atoms with Crippen LogP contribution in [0.2, 0.25) is 0 Å². The van der Waals surface area contributed by atoms with Gasteiger partial charge in [0.25, 0.3) is 5.91 Å². The molecule has 1 aromatic heterocycles. The highest BCUT2D eigenvalue weighted by Crippen LogP contribution is 2.24. The zero-order chi connectivity index (χ0) is 22.0. The molecule has 4 heteroatoms.